The number of thiocarbonyl (C=S) groups is 1. The predicted molar refractivity (Wildman–Crippen MR) is 139 cm³/mol. The second-order valence-corrected chi connectivity index (χ2v) is 8.90. The van der Waals surface area contributed by atoms with Crippen LogP contribution in [0.3, 0.4) is 0 Å². The number of nitrogens with zero attached hydrogens (tertiary/aromatic N) is 3. The normalized spacial score (nSPS) is 17.9. The second-order valence-electron chi connectivity index (χ2n) is 8.51. The lowest BCUT2D eigenvalue weighted by Gasteiger charge is -2.28. The van der Waals surface area contributed by atoms with E-state index in [0.717, 1.165) is 22.9 Å². The van der Waals surface area contributed by atoms with E-state index in [4.69, 9.17) is 12.2 Å². The molecule has 2 unspecified atom stereocenters. The van der Waals surface area contributed by atoms with Gasteiger partial charge in [0.15, 0.2) is 5.11 Å². The predicted octanol–water partition coefficient (Wildman–Crippen LogP) is 6.23. The third kappa shape index (κ3) is 3.83. The lowest BCUT2D eigenvalue weighted by atomic mass is 9.96. The minimum atomic E-state index is -0.0470. The summed E-state index contributed by atoms with van der Waals surface area (Å²) in [5, 5.41) is 4.30. The molecule has 1 aliphatic heterocycles. The molecule has 0 saturated carbocycles. The summed E-state index contributed by atoms with van der Waals surface area (Å²) in [5.74, 6) is 0. The van der Waals surface area contributed by atoms with Gasteiger partial charge < -0.3 is 14.8 Å². The molecule has 4 aromatic rings. The van der Waals surface area contributed by atoms with Gasteiger partial charge in [0.1, 0.15) is 0 Å². The molecule has 1 saturated heterocycles. The second kappa shape index (κ2) is 8.83. The molecule has 0 radical (unpaired) electrons. The van der Waals surface area contributed by atoms with Gasteiger partial charge in [-0.2, -0.15) is 0 Å². The van der Waals surface area contributed by atoms with Crippen LogP contribution >= 0.6 is 12.2 Å². The molecule has 2 aromatic heterocycles. The smallest absolute Gasteiger partial charge is 0.174 e. The zero-order valence-corrected chi connectivity index (χ0v) is 20.0. The number of benzene rings is 2. The SMILES string of the molecule is CCc1ccc(N2C(=S)NC(c3ccccn3)C2c2cc(C)n(-c3ccccc3)c2C)cc1. The molecule has 0 spiro atoms. The Morgan fingerprint density at radius 1 is 0.909 bits per heavy atom. The Kier molecular flexibility index (Phi) is 5.73. The topological polar surface area (TPSA) is 33.1 Å². The first kappa shape index (κ1) is 21.4. The Labute approximate surface area is 200 Å². The van der Waals surface area contributed by atoms with Crippen LogP contribution in [0.25, 0.3) is 5.69 Å². The molecule has 1 N–H and O–H groups in total. The van der Waals surface area contributed by atoms with Crippen molar-refractivity contribution in [1.29, 1.82) is 0 Å². The van der Waals surface area contributed by atoms with Crippen molar-refractivity contribution >= 4 is 23.0 Å². The average Bonchev–Trinajstić information content (AvgIpc) is 3.35. The largest absolute Gasteiger partial charge is 0.351 e. The molecule has 0 aliphatic carbocycles. The summed E-state index contributed by atoms with van der Waals surface area (Å²) in [6.07, 6.45) is 2.87. The number of hydrogen-bond acceptors (Lipinski definition) is 2. The number of aryl methyl sites for hydroxylation is 2. The number of para-hydroxylation sites is 1. The van der Waals surface area contributed by atoms with Gasteiger partial charge in [-0.1, -0.05) is 43.3 Å². The minimum absolute atomic E-state index is 0.0106. The van der Waals surface area contributed by atoms with Crippen molar-refractivity contribution in [2.24, 2.45) is 0 Å². The van der Waals surface area contributed by atoms with Crippen molar-refractivity contribution in [3.05, 3.63) is 113 Å². The highest BCUT2D eigenvalue weighted by Crippen LogP contribution is 2.43. The molecule has 0 bridgehead atoms. The van der Waals surface area contributed by atoms with E-state index in [1.165, 1.54) is 28.2 Å². The number of rotatable bonds is 5. The van der Waals surface area contributed by atoms with Crippen molar-refractivity contribution in [2.45, 2.75) is 39.3 Å². The van der Waals surface area contributed by atoms with E-state index in [9.17, 15) is 0 Å². The summed E-state index contributed by atoms with van der Waals surface area (Å²) in [7, 11) is 0. The van der Waals surface area contributed by atoms with E-state index in [0.29, 0.717) is 0 Å². The minimum Gasteiger partial charge on any atom is -0.351 e. The van der Waals surface area contributed by atoms with Crippen LogP contribution < -0.4 is 10.2 Å². The molecule has 5 rings (SSSR count). The Hall–Kier alpha value is -3.44. The van der Waals surface area contributed by atoms with Crippen LogP contribution in [0.15, 0.2) is 85.1 Å². The monoisotopic (exact) mass is 452 g/mol. The zero-order chi connectivity index (χ0) is 22.9. The maximum atomic E-state index is 5.89. The molecule has 2 atom stereocenters. The molecule has 2 aromatic carbocycles. The average molecular weight is 453 g/mol. The highest BCUT2D eigenvalue weighted by molar-refractivity contribution is 7.80. The quantitative estimate of drug-likeness (QED) is 0.364. The fourth-order valence-electron chi connectivity index (χ4n) is 4.90. The van der Waals surface area contributed by atoms with Crippen molar-refractivity contribution in [2.75, 3.05) is 4.90 Å². The van der Waals surface area contributed by atoms with E-state index >= 15 is 0 Å². The molecule has 4 nitrogen and oxygen atoms in total. The van der Waals surface area contributed by atoms with Gasteiger partial charge in [-0.25, -0.2) is 0 Å². The first-order valence-corrected chi connectivity index (χ1v) is 11.8. The molecule has 166 valence electrons. The third-order valence-electron chi connectivity index (χ3n) is 6.52. The van der Waals surface area contributed by atoms with Crippen LogP contribution in [0.4, 0.5) is 5.69 Å². The fraction of sp³-hybridized carbons (Fsp3) is 0.214. The Morgan fingerprint density at radius 3 is 2.30 bits per heavy atom. The molecule has 5 heteroatoms. The van der Waals surface area contributed by atoms with Crippen molar-refractivity contribution in [3.8, 4) is 5.69 Å². The lowest BCUT2D eigenvalue weighted by molar-refractivity contribution is 0.565. The van der Waals surface area contributed by atoms with E-state index in [1.54, 1.807) is 0 Å². The van der Waals surface area contributed by atoms with E-state index in [1.807, 2.05) is 18.3 Å². The summed E-state index contributed by atoms with van der Waals surface area (Å²) in [6.45, 7) is 6.54. The van der Waals surface area contributed by atoms with Gasteiger partial charge in [0.2, 0.25) is 0 Å². The van der Waals surface area contributed by atoms with Crippen molar-refractivity contribution < 1.29 is 0 Å². The fourth-order valence-corrected chi connectivity index (χ4v) is 5.25. The first-order chi connectivity index (χ1) is 16.1. The van der Waals surface area contributed by atoms with Crippen LogP contribution in [0, 0.1) is 13.8 Å². The Bertz CT molecular complexity index is 1260. The van der Waals surface area contributed by atoms with E-state index in [-0.39, 0.29) is 12.1 Å². The number of nitrogens with one attached hydrogen (secondary N) is 1. The van der Waals surface area contributed by atoms with Crippen LogP contribution in [0.1, 0.15) is 47.2 Å². The van der Waals surface area contributed by atoms with Crippen LogP contribution in [-0.4, -0.2) is 14.7 Å². The van der Waals surface area contributed by atoms with Gasteiger partial charge in [-0.3, -0.25) is 4.98 Å². The molecule has 0 amide bonds. The third-order valence-corrected chi connectivity index (χ3v) is 6.84. The highest BCUT2D eigenvalue weighted by atomic mass is 32.1. The van der Waals surface area contributed by atoms with E-state index < -0.39 is 0 Å². The zero-order valence-electron chi connectivity index (χ0n) is 19.2. The highest BCUT2D eigenvalue weighted by Gasteiger charge is 2.42. The Balaban J connectivity index is 1.66. The van der Waals surface area contributed by atoms with Gasteiger partial charge in [0, 0.05) is 29.0 Å². The number of pyridine rings is 1. The van der Waals surface area contributed by atoms with Gasteiger partial charge in [-0.15, -0.1) is 0 Å². The van der Waals surface area contributed by atoms with Gasteiger partial charge in [0.05, 0.1) is 17.8 Å². The molecule has 1 aliphatic rings. The molecule has 1 fully saturated rings. The number of aromatic nitrogens is 2. The molecule has 33 heavy (non-hydrogen) atoms. The van der Waals surface area contributed by atoms with Crippen LogP contribution in [0.2, 0.25) is 0 Å². The molecular formula is C28H28N4S. The van der Waals surface area contributed by atoms with Gasteiger partial charge in [-0.05, 0) is 86.1 Å². The van der Waals surface area contributed by atoms with Gasteiger partial charge in [0.25, 0.3) is 0 Å². The number of anilines is 1. The van der Waals surface area contributed by atoms with Crippen molar-refractivity contribution in [1.82, 2.24) is 14.9 Å². The van der Waals surface area contributed by atoms with Crippen molar-refractivity contribution in [3.63, 3.8) is 0 Å². The standard InChI is InChI=1S/C28H28N4S/c1-4-21-13-15-23(16-14-21)32-27(26(30-28(32)33)25-12-8-9-17-29-25)24-18-19(2)31(20(24)3)22-10-6-5-7-11-22/h5-18,26-27H,4H2,1-3H3,(H,30,33). The molecular weight excluding hydrogens is 424 g/mol. The summed E-state index contributed by atoms with van der Waals surface area (Å²) >= 11 is 5.89. The summed E-state index contributed by atoms with van der Waals surface area (Å²) in [5.41, 5.74) is 8.23. The van der Waals surface area contributed by atoms with Crippen LogP contribution in [0.5, 0.6) is 0 Å². The maximum absolute atomic E-state index is 5.89. The maximum Gasteiger partial charge on any atom is 0.174 e. The first-order valence-electron chi connectivity index (χ1n) is 11.4. The summed E-state index contributed by atoms with van der Waals surface area (Å²) in [6, 6.07) is 27.6. The van der Waals surface area contributed by atoms with Gasteiger partial charge >= 0.3 is 0 Å². The molecule has 3 heterocycles. The van der Waals surface area contributed by atoms with E-state index in [2.05, 4.69) is 107 Å². The summed E-state index contributed by atoms with van der Waals surface area (Å²) in [4.78, 5) is 6.94. The van der Waals surface area contributed by atoms with Crippen LogP contribution in [-0.2, 0) is 6.42 Å². The Morgan fingerprint density at radius 2 is 1.64 bits per heavy atom. The summed E-state index contributed by atoms with van der Waals surface area (Å²) < 4.78 is 2.32. The lowest BCUT2D eigenvalue weighted by Crippen LogP contribution is -2.29. The number of hydrogen-bond donors (Lipinski definition) is 1.